The molecule has 1 unspecified atom stereocenters. The second kappa shape index (κ2) is 7.15. The number of hydrogen-bond acceptors (Lipinski definition) is 5. The van der Waals surface area contributed by atoms with Gasteiger partial charge in [0, 0.05) is 11.2 Å². The molecule has 0 aromatic heterocycles. The summed E-state index contributed by atoms with van der Waals surface area (Å²) in [5, 5.41) is 3.80. The molecular weight excluding hydrogens is 312 g/mol. The van der Waals surface area contributed by atoms with Gasteiger partial charge in [0.1, 0.15) is 0 Å². The van der Waals surface area contributed by atoms with Crippen LogP contribution in [-0.4, -0.2) is 38.0 Å². The van der Waals surface area contributed by atoms with Crippen molar-refractivity contribution in [3.8, 4) is 0 Å². The molecule has 0 radical (unpaired) electrons. The summed E-state index contributed by atoms with van der Waals surface area (Å²) in [4.78, 5) is 11.4. The number of halogens is 1. The highest BCUT2D eigenvalue weighted by Gasteiger charge is 2.28. The Morgan fingerprint density at radius 2 is 2.30 bits per heavy atom. The lowest BCUT2D eigenvalue weighted by molar-refractivity contribution is 0.302. The number of anilines is 1. The third-order valence-corrected chi connectivity index (χ3v) is 3.96. The summed E-state index contributed by atoms with van der Waals surface area (Å²) < 4.78 is 5.92. The molecule has 5 nitrogen and oxygen atoms in total. The first-order valence-electron chi connectivity index (χ1n) is 7.88. The van der Waals surface area contributed by atoms with Crippen molar-refractivity contribution in [1.29, 1.82) is 0 Å². The average molecular weight is 333 g/mol. The zero-order chi connectivity index (χ0) is 16.2. The molecule has 0 amide bonds. The van der Waals surface area contributed by atoms with Crippen LogP contribution in [0.15, 0.2) is 40.5 Å². The molecular formula is C17H21ClN4O. The van der Waals surface area contributed by atoms with Crippen molar-refractivity contribution in [2.24, 2.45) is 9.98 Å². The van der Waals surface area contributed by atoms with Gasteiger partial charge in [-0.3, -0.25) is 9.89 Å². The number of benzene rings is 1. The molecule has 2 heterocycles. The van der Waals surface area contributed by atoms with E-state index < -0.39 is 0 Å². The Balaban J connectivity index is 1.96. The summed E-state index contributed by atoms with van der Waals surface area (Å²) in [5.41, 5.74) is 1.78. The second-order valence-electron chi connectivity index (χ2n) is 5.65. The summed E-state index contributed by atoms with van der Waals surface area (Å²) in [6, 6.07) is 5.86. The zero-order valence-corrected chi connectivity index (χ0v) is 14.2. The van der Waals surface area contributed by atoms with Gasteiger partial charge < -0.3 is 10.1 Å². The van der Waals surface area contributed by atoms with Gasteiger partial charge in [0.15, 0.2) is 5.84 Å². The van der Waals surface area contributed by atoms with Crippen molar-refractivity contribution in [2.45, 2.75) is 25.8 Å². The second-order valence-corrected chi connectivity index (χ2v) is 6.08. The van der Waals surface area contributed by atoms with Crippen LogP contribution in [0.4, 0.5) is 11.4 Å². The third-order valence-electron chi connectivity index (χ3n) is 3.72. The zero-order valence-electron chi connectivity index (χ0n) is 13.4. The van der Waals surface area contributed by atoms with Gasteiger partial charge in [-0.2, -0.15) is 0 Å². The van der Waals surface area contributed by atoms with Gasteiger partial charge >= 0.3 is 0 Å². The molecule has 1 aromatic rings. The lowest BCUT2D eigenvalue weighted by atomic mass is 10.2. The van der Waals surface area contributed by atoms with Gasteiger partial charge in [-0.15, -0.1) is 0 Å². The molecule has 0 saturated carbocycles. The predicted molar refractivity (Wildman–Crippen MR) is 96.2 cm³/mol. The van der Waals surface area contributed by atoms with Gasteiger partial charge in [-0.25, -0.2) is 4.99 Å². The molecule has 0 fully saturated rings. The normalized spacial score (nSPS) is 19.4. The molecule has 0 bridgehead atoms. The first-order chi connectivity index (χ1) is 11.2. The van der Waals surface area contributed by atoms with Gasteiger partial charge in [0.2, 0.25) is 0 Å². The standard InChI is InChI=1S/C17H21ClN4O/c1-12-5-3-9-22-15-11-13(18)6-7-14(15)21-17(16(22)20-12)23-10-4-8-19-2/h3,6-7,9,11-12,19H,4-5,8,10H2,1-2H3. The van der Waals surface area contributed by atoms with Gasteiger partial charge in [-0.1, -0.05) is 17.7 Å². The van der Waals surface area contributed by atoms with Crippen LogP contribution in [0.2, 0.25) is 5.02 Å². The largest absolute Gasteiger partial charge is 0.475 e. The maximum Gasteiger partial charge on any atom is 0.258 e. The average Bonchev–Trinajstić information content (AvgIpc) is 2.73. The van der Waals surface area contributed by atoms with E-state index in [0.29, 0.717) is 17.5 Å². The Bertz CT molecular complexity index is 669. The molecule has 2 aliphatic heterocycles. The number of nitrogens with one attached hydrogen (secondary N) is 1. The van der Waals surface area contributed by atoms with Crippen molar-refractivity contribution in [3.05, 3.63) is 35.5 Å². The van der Waals surface area contributed by atoms with Crippen LogP contribution in [0.1, 0.15) is 19.8 Å². The fourth-order valence-electron chi connectivity index (χ4n) is 2.57. The number of aliphatic imine (C=N–C) groups is 2. The molecule has 122 valence electrons. The molecule has 1 atom stereocenters. The van der Waals surface area contributed by atoms with Crippen LogP contribution in [0.25, 0.3) is 0 Å². The van der Waals surface area contributed by atoms with Crippen LogP contribution in [-0.2, 0) is 4.74 Å². The van der Waals surface area contributed by atoms with E-state index in [9.17, 15) is 0 Å². The summed E-state index contributed by atoms with van der Waals surface area (Å²) in [5.74, 6) is 1.33. The third kappa shape index (κ3) is 3.57. The minimum Gasteiger partial charge on any atom is -0.475 e. The van der Waals surface area contributed by atoms with Crippen molar-refractivity contribution in [1.82, 2.24) is 5.32 Å². The molecule has 0 spiro atoms. The topological polar surface area (TPSA) is 49.2 Å². The van der Waals surface area contributed by atoms with Gasteiger partial charge in [0.25, 0.3) is 5.90 Å². The van der Waals surface area contributed by atoms with Gasteiger partial charge in [-0.05, 0) is 51.6 Å². The van der Waals surface area contributed by atoms with Crippen molar-refractivity contribution >= 4 is 34.7 Å². The Morgan fingerprint density at radius 1 is 1.43 bits per heavy atom. The summed E-state index contributed by atoms with van der Waals surface area (Å²) in [7, 11) is 1.93. The molecule has 2 aliphatic rings. The number of hydrogen-bond donors (Lipinski definition) is 1. The van der Waals surface area contributed by atoms with E-state index in [4.69, 9.17) is 21.3 Å². The van der Waals surface area contributed by atoms with Crippen LogP contribution in [0.3, 0.4) is 0 Å². The monoisotopic (exact) mass is 332 g/mol. The Kier molecular flexibility index (Phi) is 4.98. The minimum atomic E-state index is 0.193. The molecule has 3 rings (SSSR count). The van der Waals surface area contributed by atoms with E-state index >= 15 is 0 Å². The van der Waals surface area contributed by atoms with Crippen molar-refractivity contribution in [3.63, 3.8) is 0 Å². The predicted octanol–water partition coefficient (Wildman–Crippen LogP) is 3.52. The minimum absolute atomic E-state index is 0.193. The molecule has 0 saturated heterocycles. The lowest BCUT2D eigenvalue weighted by Gasteiger charge is -2.28. The highest BCUT2D eigenvalue weighted by Crippen LogP contribution is 2.36. The number of ether oxygens (including phenoxy) is 1. The van der Waals surface area contributed by atoms with Crippen LogP contribution < -0.4 is 10.2 Å². The number of nitrogens with zero attached hydrogens (tertiary/aromatic N) is 3. The summed E-state index contributed by atoms with van der Waals surface area (Å²) >= 11 is 6.15. The van der Waals surface area contributed by atoms with Gasteiger partial charge in [0.05, 0.1) is 24.0 Å². The van der Waals surface area contributed by atoms with Crippen LogP contribution >= 0.6 is 11.6 Å². The van der Waals surface area contributed by atoms with Crippen LogP contribution in [0, 0.1) is 0 Å². The SMILES string of the molecule is CNCCCOC1=Nc2ccc(Cl)cc2N2C=CCC(C)N=C12. The number of rotatable bonds is 4. The Hall–Kier alpha value is -1.85. The van der Waals surface area contributed by atoms with Crippen LogP contribution in [0.5, 0.6) is 0 Å². The maximum atomic E-state index is 6.15. The summed E-state index contributed by atoms with van der Waals surface area (Å²) in [6.45, 7) is 3.60. The maximum absolute atomic E-state index is 6.15. The van der Waals surface area contributed by atoms with E-state index in [1.165, 1.54) is 0 Å². The smallest absolute Gasteiger partial charge is 0.258 e. The molecule has 1 aromatic carbocycles. The molecule has 1 N–H and O–H groups in total. The van der Waals surface area contributed by atoms with E-state index in [2.05, 4.69) is 23.3 Å². The first kappa shape index (κ1) is 16.0. The number of fused-ring (bicyclic) bond motifs is 3. The Labute approximate surface area is 141 Å². The summed E-state index contributed by atoms with van der Waals surface area (Å²) in [6.07, 6.45) is 5.96. The Morgan fingerprint density at radius 3 is 3.13 bits per heavy atom. The van der Waals surface area contributed by atoms with E-state index in [-0.39, 0.29) is 6.04 Å². The van der Waals surface area contributed by atoms with E-state index in [1.807, 2.05) is 36.3 Å². The number of amidine groups is 1. The molecule has 6 heteroatoms. The molecule has 23 heavy (non-hydrogen) atoms. The van der Waals surface area contributed by atoms with E-state index in [0.717, 1.165) is 36.6 Å². The fourth-order valence-corrected chi connectivity index (χ4v) is 2.73. The fraction of sp³-hybridized carbons (Fsp3) is 0.412. The highest BCUT2D eigenvalue weighted by atomic mass is 35.5. The van der Waals surface area contributed by atoms with Crippen molar-refractivity contribution in [2.75, 3.05) is 25.1 Å². The van der Waals surface area contributed by atoms with E-state index in [1.54, 1.807) is 0 Å². The lowest BCUT2D eigenvalue weighted by Crippen LogP contribution is -2.37. The molecule has 0 aliphatic carbocycles. The quantitative estimate of drug-likeness (QED) is 0.858. The highest BCUT2D eigenvalue weighted by molar-refractivity contribution is 6.46. The van der Waals surface area contributed by atoms with Crippen molar-refractivity contribution < 1.29 is 4.74 Å². The first-order valence-corrected chi connectivity index (χ1v) is 8.26.